The van der Waals surface area contributed by atoms with Crippen LogP contribution in [0.4, 0.5) is 0 Å². The van der Waals surface area contributed by atoms with Gasteiger partial charge in [-0.15, -0.1) is 0 Å². The van der Waals surface area contributed by atoms with Gasteiger partial charge in [0.05, 0.1) is 17.3 Å². The van der Waals surface area contributed by atoms with Crippen molar-refractivity contribution >= 4 is 10.9 Å². The number of rotatable bonds is 2. The summed E-state index contributed by atoms with van der Waals surface area (Å²) in [4.78, 5) is 4.43. The maximum Gasteiger partial charge on any atom is 0.0738 e. The summed E-state index contributed by atoms with van der Waals surface area (Å²) < 4.78 is 1.79. The van der Waals surface area contributed by atoms with E-state index >= 15 is 0 Å². The van der Waals surface area contributed by atoms with Crippen molar-refractivity contribution in [2.24, 2.45) is 12.8 Å². The van der Waals surface area contributed by atoms with Crippen LogP contribution in [0.3, 0.4) is 0 Å². The van der Waals surface area contributed by atoms with E-state index in [9.17, 15) is 0 Å². The van der Waals surface area contributed by atoms with Gasteiger partial charge < -0.3 is 5.73 Å². The molecule has 4 heteroatoms. The van der Waals surface area contributed by atoms with Gasteiger partial charge >= 0.3 is 0 Å². The molecule has 1 atom stereocenters. The highest BCUT2D eigenvalue weighted by atomic mass is 15.3. The van der Waals surface area contributed by atoms with Crippen LogP contribution < -0.4 is 5.73 Å². The van der Waals surface area contributed by atoms with Crippen LogP contribution in [0.1, 0.15) is 17.3 Å². The van der Waals surface area contributed by atoms with Crippen LogP contribution in [-0.2, 0) is 7.05 Å². The van der Waals surface area contributed by atoms with Gasteiger partial charge in [0.15, 0.2) is 0 Å². The molecule has 4 nitrogen and oxygen atoms in total. The molecule has 0 aliphatic rings. The highest BCUT2D eigenvalue weighted by Gasteiger charge is 2.13. The molecule has 0 saturated heterocycles. The Labute approximate surface area is 105 Å². The van der Waals surface area contributed by atoms with Gasteiger partial charge in [-0.3, -0.25) is 9.67 Å². The van der Waals surface area contributed by atoms with E-state index in [1.54, 1.807) is 10.9 Å². The number of para-hydroxylation sites is 1. The van der Waals surface area contributed by atoms with Crippen molar-refractivity contribution in [3.63, 3.8) is 0 Å². The van der Waals surface area contributed by atoms with Gasteiger partial charge in [0, 0.05) is 24.8 Å². The molecule has 0 bridgehead atoms. The summed E-state index contributed by atoms with van der Waals surface area (Å²) in [7, 11) is 1.89. The second-order valence-electron chi connectivity index (χ2n) is 4.32. The van der Waals surface area contributed by atoms with Crippen molar-refractivity contribution in [3.05, 3.63) is 60.0 Å². The fourth-order valence-corrected chi connectivity index (χ4v) is 2.12. The Bertz CT molecular complexity index is 687. The molecule has 2 N–H and O–H groups in total. The topological polar surface area (TPSA) is 56.7 Å². The van der Waals surface area contributed by atoms with E-state index in [1.165, 1.54) is 0 Å². The van der Waals surface area contributed by atoms with Crippen molar-refractivity contribution in [2.45, 2.75) is 6.04 Å². The number of aryl methyl sites for hydroxylation is 1. The minimum atomic E-state index is -0.199. The highest BCUT2D eigenvalue weighted by molar-refractivity contribution is 5.78. The van der Waals surface area contributed by atoms with Gasteiger partial charge in [-0.25, -0.2) is 0 Å². The largest absolute Gasteiger partial charge is 0.319 e. The van der Waals surface area contributed by atoms with Gasteiger partial charge in [0.1, 0.15) is 0 Å². The number of nitrogens with zero attached hydrogens (tertiary/aromatic N) is 3. The normalized spacial score (nSPS) is 12.8. The van der Waals surface area contributed by atoms with E-state index in [2.05, 4.69) is 16.1 Å². The second-order valence-corrected chi connectivity index (χ2v) is 4.32. The van der Waals surface area contributed by atoms with Gasteiger partial charge in [-0.2, -0.15) is 5.10 Å². The Morgan fingerprint density at radius 2 is 2.06 bits per heavy atom. The molecule has 0 amide bonds. The quantitative estimate of drug-likeness (QED) is 0.743. The first kappa shape index (κ1) is 10.9. The molecule has 1 aromatic carbocycles. The average Bonchev–Trinajstić information content (AvgIpc) is 2.83. The third kappa shape index (κ3) is 1.76. The van der Waals surface area contributed by atoms with E-state index in [-0.39, 0.29) is 6.04 Å². The lowest BCUT2D eigenvalue weighted by Gasteiger charge is -2.12. The fraction of sp³-hybridized carbons (Fsp3) is 0.143. The summed E-state index contributed by atoms with van der Waals surface area (Å²) in [5, 5.41) is 5.25. The Morgan fingerprint density at radius 3 is 2.83 bits per heavy atom. The lowest BCUT2D eigenvalue weighted by atomic mass is 10.0. The van der Waals surface area contributed by atoms with Crippen LogP contribution in [0, 0.1) is 0 Å². The number of pyridine rings is 1. The molecule has 2 aromatic heterocycles. The summed E-state index contributed by atoms with van der Waals surface area (Å²) in [6, 6.07) is 11.8. The first-order valence-electron chi connectivity index (χ1n) is 5.84. The number of fused-ring (bicyclic) bond motifs is 1. The zero-order valence-corrected chi connectivity index (χ0v) is 10.1. The fourth-order valence-electron chi connectivity index (χ4n) is 2.12. The molecule has 0 aliphatic carbocycles. The van der Waals surface area contributed by atoms with Gasteiger partial charge in [0.2, 0.25) is 0 Å². The molecule has 3 aromatic rings. The van der Waals surface area contributed by atoms with Crippen molar-refractivity contribution in [3.8, 4) is 0 Å². The maximum atomic E-state index is 6.25. The van der Waals surface area contributed by atoms with Crippen molar-refractivity contribution < 1.29 is 0 Å². The standard InChI is InChI=1S/C14H14N4/c1-18-13(6-7-17-18)14(15)11-8-10-4-2-3-5-12(10)16-9-11/h2-9,14H,15H2,1H3. The summed E-state index contributed by atoms with van der Waals surface area (Å²) in [5.41, 5.74) is 9.21. The number of hydrogen-bond donors (Lipinski definition) is 1. The third-order valence-corrected chi connectivity index (χ3v) is 3.15. The summed E-state index contributed by atoms with van der Waals surface area (Å²) >= 11 is 0. The lowest BCUT2D eigenvalue weighted by molar-refractivity contribution is 0.672. The van der Waals surface area contributed by atoms with Gasteiger partial charge in [0.25, 0.3) is 0 Å². The van der Waals surface area contributed by atoms with Crippen LogP contribution in [-0.4, -0.2) is 14.8 Å². The number of nitrogens with two attached hydrogens (primary N) is 1. The average molecular weight is 238 g/mol. The predicted molar refractivity (Wildman–Crippen MR) is 71.0 cm³/mol. The monoisotopic (exact) mass is 238 g/mol. The summed E-state index contributed by atoms with van der Waals surface area (Å²) in [6.07, 6.45) is 3.59. The van der Waals surface area contributed by atoms with Gasteiger partial charge in [-0.1, -0.05) is 18.2 Å². The zero-order chi connectivity index (χ0) is 12.5. The Balaban J connectivity index is 2.07. The zero-order valence-electron chi connectivity index (χ0n) is 10.1. The number of hydrogen-bond acceptors (Lipinski definition) is 3. The minimum Gasteiger partial charge on any atom is -0.319 e. The van der Waals surface area contributed by atoms with E-state index in [0.29, 0.717) is 0 Å². The number of benzene rings is 1. The molecule has 0 spiro atoms. The van der Waals surface area contributed by atoms with E-state index in [1.807, 2.05) is 43.6 Å². The van der Waals surface area contributed by atoms with Crippen LogP contribution in [0.25, 0.3) is 10.9 Å². The van der Waals surface area contributed by atoms with Crippen LogP contribution >= 0.6 is 0 Å². The molecule has 0 radical (unpaired) electrons. The van der Waals surface area contributed by atoms with Crippen molar-refractivity contribution in [1.29, 1.82) is 0 Å². The maximum absolute atomic E-state index is 6.25. The smallest absolute Gasteiger partial charge is 0.0738 e. The van der Waals surface area contributed by atoms with Crippen LogP contribution in [0.5, 0.6) is 0 Å². The molecule has 0 aliphatic heterocycles. The Hall–Kier alpha value is -2.20. The van der Waals surface area contributed by atoms with Crippen LogP contribution in [0.15, 0.2) is 48.8 Å². The molecule has 18 heavy (non-hydrogen) atoms. The first-order valence-corrected chi connectivity index (χ1v) is 5.84. The third-order valence-electron chi connectivity index (χ3n) is 3.15. The first-order chi connectivity index (χ1) is 8.75. The summed E-state index contributed by atoms with van der Waals surface area (Å²) in [5.74, 6) is 0. The SMILES string of the molecule is Cn1nccc1C(N)c1cnc2ccccc2c1. The Morgan fingerprint density at radius 1 is 1.22 bits per heavy atom. The molecule has 3 rings (SSSR count). The van der Waals surface area contributed by atoms with E-state index in [0.717, 1.165) is 22.2 Å². The molecular formula is C14H14N4. The molecule has 2 heterocycles. The van der Waals surface area contributed by atoms with Crippen LogP contribution in [0.2, 0.25) is 0 Å². The molecular weight excluding hydrogens is 224 g/mol. The van der Waals surface area contributed by atoms with Crippen molar-refractivity contribution in [1.82, 2.24) is 14.8 Å². The number of aromatic nitrogens is 3. The predicted octanol–water partition coefficient (Wildman–Crippen LogP) is 2.02. The van der Waals surface area contributed by atoms with Gasteiger partial charge in [-0.05, 0) is 23.8 Å². The lowest BCUT2D eigenvalue weighted by Crippen LogP contribution is -2.16. The highest BCUT2D eigenvalue weighted by Crippen LogP contribution is 2.21. The molecule has 0 saturated carbocycles. The minimum absolute atomic E-state index is 0.199. The Kier molecular flexibility index (Phi) is 2.57. The van der Waals surface area contributed by atoms with E-state index < -0.39 is 0 Å². The molecule has 1 unspecified atom stereocenters. The summed E-state index contributed by atoms with van der Waals surface area (Å²) in [6.45, 7) is 0. The van der Waals surface area contributed by atoms with Crippen molar-refractivity contribution in [2.75, 3.05) is 0 Å². The second kappa shape index (κ2) is 4.23. The van der Waals surface area contributed by atoms with E-state index in [4.69, 9.17) is 5.73 Å². The molecule has 0 fully saturated rings. The molecule has 90 valence electrons.